The van der Waals surface area contributed by atoms with E-state index >= 15 is 0 Å². The second-order valence-electron chi connectivity index (χ2n) is 7.01. The number of carboxylic acids is 1. The summed E-state index contributed by atoms with van der Waals surface area (Å²) in [6.45, 7) is -0.145. The van der Waals surface area contributed by atoms with E-state index in [-0.39, 0.29) is 24.7 Å². The number of anilines is 1. The molecule has 0 saturated carbocycles. The maximum absolute atomic E-state index is 12.2. The Morgan fingerprint density at radius 3 is 2.50 bits per heavy atom. The number of nitrogens with zero attached hydrogens (tertiary/aromatic N) is 2. The molecule has 0 aliphatic heterocycles. The predicted molar refractivity (Wildman–Crippen MR) is 119 cm³/mol. The largest absolute Gasteiger partial charge is 0.481 e. The highest BCUT2D eigenvalue weighted by molar-refractivity contribution is 5.94. The molecule has 0 saturated heterocycles. The van der Waals surface area contributed by atoms with E-state index in [4.69, 9.17) is 9.52 Å². The van der Waals surface area contributed by atoms with Crippen LogP contribution in [0.1, 0.15) is 34.1 Å². The molecule has 0 radical (unpaired) electrons. The Labute approximate surface area is 193 Å². The number of carboxylic acid groups (broad SMARTS) is 1. The molecule has 0 bridgehead atoms. The van der Waals surface area contributed by atoms with Crippen LogP contribution in [0.3, 0.4) is 0 Å². The van der Waals surface area contributed by atoms with Crippen LogP contribution in [-0.4, -0.2) is 45.4 Å². The predicted octanol–water partition coefficient (Wildman–Crippen LogP) is 1.45. The van der Waals surface area contributed by atoms with E-state index < -0.39 is 36.4 Å². The number of hydrogen-bond donors (Lipinski definition) is 5. The standard InChI is InChI=1S/C22H22N6O6/c29-18(27-16(9-19(30)31)15-7-4-8-23-11-15)13-24-20(32)17-12-26-22(34-17)28-21(33)25-10-14-5-2-1-3-6-14/h1-8,11-12,16H,9-10,13H2,(H,24,32)(H,27,29)(H,30,31)(H2,25,26,28,33). The van der Waals surface area contributed by atoms with Crippen molar-refractivity contribution in [2.75, 3.05) is 11.9 Å². The molecule has 2 heterocycles. The number of carbonyl (C=O) groups is 4. The summed E-state index contributed by atoms with van der Waals surface area (Å²) in [5.74, 6) is -2.67. The van der Waals surface area contributed by atoms with E-state index in [1.165, 1.54) is 12.4 Å². The van der Waals surface area contributed by atoms with Crippen LogP contribution in [-0.2, 0) is 16.1 Å². The number of pyridine rings is 1. The third-order valence-corrected chi connectivity index (χ3v) is 4.46. The van der Waals surface area contributed by atoms with Crippen molar-refractivity contribution >= 4 is 29.8 Å². The van der Waals surface area contributed by atoms with Gasteiger partial charge in [0, 0.05) is 18.9 Å². The lowest BCUT2D eigenvalue weighted by molar-refractivity contribution is -0.137. The van der Waals surface area contributed by atoms with E-state index in [0.29, 0.717) is 5.56 Å². The van der Waals surface area contributed by atoms with E-state index in [0.717, 1.165) is 11.8 Å². The Hall–Kier alpha value is -4.74. The summed E-state index contributed by atoms with van der Waals surface area (Å²) in [6, 6.07) is 10.9. The molecule has 12 heteroatoms. The van der Waals surface area contributed by atoms with Gasteiger partial charge in [0.15, 0.2) is 0 Å². The van der Waals surface area contributed by atoms with Gasteiger partial charge >= 0.3 is 18.0 Å². The first-order valence-corrected chi connectivity index (χ1v) is 10.1. The van der Waals surface area contributed by atoms with Crippen LogP contribution in [0.4, 0.5) is 10.8 Å². The Balaban J connectivity index is 1.46. The number of aliphatic carboxylic acids is 1. The minimum absolute atomic E-state index is 0.196. The second kappa shape index (κ2) is 11.8. The zero-order valence-electron chi connectivity index (χ0n) is 17.9. The average Bonchev–Trinajstić information content (AvgIpc) is 3.30. The molecule has 34 heavy (non-hydrogen) atoms. The summed E-state index contributed by atoms with van der Waals surface area (Å²) >= 11 is 0. The normalized spacial score (nSPS) is 11.2. The highest BCUT2D eigenvalue weighted by Gasteiger charge is 2.20. The van der Waals surface area contributed by atoms with Crippen LogP contribution in [0.5, 0.6) is 0 Å². The van der Waals surface area contributed by atoms with Crippen LogP contribution in [0, 0.1) is 0 Å². The summed E-state index contributed by atoms with van der Waals surface area (Å²) < 4.78 is 5.19. The summed E-state index contributed by atoms with van der Waals surface area (Å²) in [4.78, 5) is 55.3. The lowest BCUT2D eigenvalue weighted by atomic mass is 10.1. The zero-order valence-corrected chi connectivity index (χ0v) is 17.9. The zero-order chi connectivity index (χ0) is 24.3. The smallest absolute Gasteiger partial charge is 0.323 e. The SMILES string of the molecule is O=C(O)CC(NC(=O)CNC(=O)c1cnc(NC(=O)NCc2ccccc2)o1)c1cccnc1. The van der Waals surface area contributed by atoms with Gasteiger partial charge in [-0.05, 0) is 17.2 Å². The monoisotopic (exact) mass is 466 g/mol. The molecule has 0 fully saturated rings. The highest BCUT2D eigenvalue weighted by Crippen LogP contribution is 2.15. The summed E-state index contributed by atoms with van der Waals surface area (Å²) in [5, 5.41) is 19.0. The van der Waals surface area contributed by atoms with Crippen LogP contribution >= 0.6 is 0 Å². The van der Waals surface area contributed by atoms with Crippen molar-refractivity contribution in [3.8, 4) is 0 Å². The van der Waals surface area contributed by atoms with Crippen molar-refractivity contribution in [2.24, 2.45) is 0 Å². The molecule has 176 valence electrons. The molecule has 3 aromatic rings. The lowest BCUT2D eigenvalue weighted by Crippen LogP contribution is -2.39. The Morgan fingerprint density at radius 2 is 1.79 bits per heavy atom. The number of benzene rings is 1. The number of nitrogens with one attached hydrogen (secondary N) is 4. The number of hydrogen-bond acceptors (Lipinski definition) is 7. The van der Waals surface area contributed by atoms with Gasteiger partial charge in [-0.15, -0.1) is 0 Å². The van der Waals surface area contributed by atoms with Crippen LogP contribution < -0.4 is 21.3 Å². The molecule has 5 N–H and O–H groups in total. The molecule has 1 atom stereocenters. The number of carbonyl (C=O) groups excluding carboxylic acids is 3. The molecule has 3 rings (SSSR count). The number of rotatable bonds is 10. The second-order valence-corrected chi connectivity index (χ2v) is 7.01. The fourth-order valence-corrected chi connectivity index (χ4v) is 2.86. The summed E-state index contributed by atoms with van der Waals surface area (Å²) in [5.41, 5.74) is 1.42. The van der Waals surface area contributed by atoms with Gasteiger partial charge in [0.05, 0.1) is 25.2 Å². The van der Waals surface area contributed by atoms with Gasteiger partial charge in [-0.3, -0.25) is 24.7 Å². The maximum atomic E-state index is 12.2. The quantitative estimate of drug-likeness (QED) is 0.298. The van der Waals surface area contributed by atoms with Gasteiger partial charge in [0.1, 0.15) is 0 Å². The fraction of sp³-hybridized carbons (Fsp3) is 0.182. The molecular weight excluding hydrogens is 444 g/mol. The van der Waals surface area contributed by atoms with Gasteiger partial charge in [0.2, 0.25) is 11.7 Å². The highest BCUT2D eigenvalue weighted by atomic mass is 16.4. The summed E-state index contributed by atoms with van der Waals surface area (Å²) in [6.07, 6.45) is 3.72. The average molecular weight is 466 g/mol. The third kappa shape index (κ3) is 7.44. The van der Waals surface area contributed by atoms with E-state index in [9.17, 15) is 19.2 Å². The first-order valence-electron chi connectivity index (χ1n) is 10.1. The molecule has 0 spiro atoms. The van der Waals surface area contributed by atoms with Crippen LogP contribution in [0.2, 0.25) is 0 Å². The van der Waals surface area contributed by atoms with Crippen molar-refractivity contribution in [3.05, 3.63) is 77.9 Å². The van der Waals surface area contributed by atoms with Gasteiger partial charge in [-0.1, -0.05) is 36.4 Å². The molecule has 0 aliphatic rings. The van der Waals surface area contributed by atoms with Gasteiger partial charge < -0.3 is 25.5 Å². The molecule has 4 amide bonds. The lowest BCUT2D eigenvalue weighted by Gasteiger charge is -2.17. The maximum Gasteiger partial charge on any atom is 0.323 e. The van der Waals surface area contributed by atoms with Crippen molar-refractivity contribution in [1.82, 2.24) is 25.9 Å². The summed E-state index contributed by atoms with van der Waals surface area (Å²) in [7, 11) is 0. The van der Waals surface area contributed by atoms with E-state index in [2.05, 4.69) is 31.2 Å². The van der Waals surface area contributed by atoms with Crippen molar-refractivity contribution < 1.29 is 28.7 Å². The minimum Gasteiger partial charge on any atom is -0.481 e. The number of aromatic nitrogens is 2. The van der Waals surface area contributed by atoms with Crippen LogP contribution in [0.25, 0.3) is 0 Å². The number of amides is 4. The van der Waals surface area contributed by atoms with Crippen LogP contribution in [0.15, 0.2) is 65.5 Å². The fourth-order valence-electron chi connectivity index (χ4n) is 2.86. The molecular formula is C22H22N6O6. The van der Waals surface area contributed by atoms with E-state index in [1.54, 1.807) is 12.1 Å². The molecule has 12 nitrogen and oxygen atoms in total. The van der Waals surface area contributed by atoms with Gasteiger partial charge in [-0.25, -0.2) is 9.78 Å². The topological polar surface area (TPSA) is 176 Å². The van der Waals surface area contributed by atoms with Crippen molar-refractivity contribution in [2.45, 2.75) is 19.0 Å². The van der Waals surface area contributed by atoms with Crippen molar-refractivity contribution in [3.63, 3.8) is 0 Å². The van der Waals surface area contributed by atoms with Gasteiger partial charge in [0.25, 0.3) is 5.91 Å². The molecule has 0 aliphatic carbocycles. The molecule has 1 unspecified atom stereocenters. The Kier molecular flexibility index (Phi) is 8.27. The molecule has 1 aromatic carbocycles. The third-order valence-electron chi connectivity index (χ3n) is 4.46. The first kappa shape index (κ1) is 23.9. The Bertz CT molecular complexity index is 1140. The van der Waals surface area contributed by atoms with Crippen molar-refractivity contribution in [1.29, 1.82) is 0 Å². The Morgan fingerprint density at radius 1 is 1.00 bits per heavy atom. The first-order chi connectivity index (χ1) is 16.4. The van der Waals surface area contributed by atoms with E-state index in [1.807, 2.05) is 30.3 Å². The molecule has 2 aromatic heterocycles. The van der Waals surface area contributed by atoms with Gasteiger partial charge in [-0.2, -0.15) is 0 Å². The minimum atomic E-state index is -1.10. The number of oxazole rings is 1. The number of urea groups is 1.